The maximum absolute atomic E-state index is 13.2. The van der Waals surface area contributed by atoms with Crippen molar-refractivity contribution in [3.05, 3.63) is 154 Å². The maximum atomic E-state index is 13.2. The fraction of sp³-hybridized carbons (Fsp3) is 0.224. The predicted octanol–water partition coefficient (Wildman–Crippen LogP) is 9.37. The third-order valence-corrected chi connectivity index (χ3v) is 10.8. The summed E-state index contributed by atoms with van der Waals surface area (Å²) in [6.45, 7) is 5.29. The van der Waals surface area contributed by atoms with E-state index >= 15 is 0 Å². The van der Waals surface area contributed by atoms with Gasteiger partial charge in [-0.05, 0) is 116 Å². The quantitative estimate of drug-likeness (QED) is 0.104. The number of hydrogen-bond donors (Lipinski definition) is 0. The lowest BCUT2D eigenvalue weighted by molar-refractivity contribution is -0.120. The van der Waals surface area contributed by atoms with E-state index in [-0.39, 0.29) is 54.2 Å². The number of anilines is 6. The Morgan fingerprint density at radius 2 is 1.12 bits per heavy atom. The molecule has 2 aliphatic rings. The average Bonchev–Trinajstić information content (AvgIpc) is 3.31. The van der Waals surface area contributed by atoms with Crippen LogP contribution in [0.5, 0.6) is 0 Å². The number of aromatic nitrogens is 4. The molecule has 336 valence electrons. The maximum Gasteiger partial charge on any atom is 0.250 e. The van der Waals surface area contributed by atoms with E-state index < -0.39 is 17.9 Å². The van der Waals surface area contributed by atoms with Crippen molar-refractivity contribution in [2.75, 3.05) is 33.7 Å². The molecule has 2 atom stereocenters. The van der Waals surface area contributed by atoms with E-state index in [4.69, 9.17) is 16.9 Å². The zero-order valence-electron chi connectivity index (χ0n) is 35.9. The molecule has 0 N–H and O–H groups in total. The Morgan fingerprint density at radius 1 is 0.682 bits per heavy atom. The Labute approximate surface area is 386 Å². The van der Waals surface area contributed by atoms with Gasteiger partial charge in [0.1, 0.15) is 40.9 Å². The highest BCUT2D eigenvalue weighted by atomic mass is 35.5. The van der Waals surface area contributed by atoms with Gasteiger partial charge in [-0.1, -0.05) is 33.4 Å². The van der Waals surface area contributed by atoms with E-state index in [1.807, 2.05) is 30.9 Å². The van der Waals surface area contributed by atoms with Gasteiger partial charge in [-0.3, -0.25) is 19.2 Å². The first-order valence-corrected chi connectivity index (χ1v) is 20.6. The Morgan fingerprint density at radius 3 is 1.56 bits per heavy atom. The summed E-state index contributed by atoms with van der Waals surface area (Å²) < 4.78 is 25.4. The van der Waals surface area contributed by atoms with Gasteiger partial charge >= 0.3 is 0 Å². The summed E-state index contributed by atoms with van der Waals surface area (Å²) in [6.07, 6.45) is 4.11. The van der Waals surface area contributed by atoms with E-state index in [1.54, 1.807) is 60.3 Å². The standard InChI is InChI=1S/C24H20FN5O2.C16H14ClN5O.C8H7FO.CH4/c1-3-19-24(32)29(2)20-14-27-22(12-21(31)16-7-9-17(25)10-8-16)28-23(20)30(19)18-6-4-5-15(11-18)13-26;1-3-12-15(23)21(2)13-9-19-16(17)20-14(13)22(12)11-6-4-5-10(7-11)8-18;1-6(10)7-2-4-8(9)5-3-7;/h4-11,14,19H,3,12H2,1-2H3;4-7,9,12H,3H2,1-2H3;2-5H,1H3;1H4. The topological polar surface area (TPSA) is 180 Å². The second-order valence-corrected chi connectivity index (χ2v) is 15.1. The van der Waals surface area contributed by atoms with Gasteiger partial charge < -0.3 is 19.6 Å². The van der Waals surface area contributed by atoms with Crippen LogP contribution < -0.4 is 19.6 Å². The minimum absolute atomic E-state index is 0. The molecule has 0 saturated carbocycles. The van der Waals surface area contributed by atoms with Crippen molar-refractivity contribution in [1.29, 1.82) is 10.5 Å². The van der Waals surface area contributed by atoms with E-state index in [0.717, 1.165) is 5.69 Å². The molecular weight excluding hydrogens is 866 g/mol. The van der Waals surface area contributed by atoms with E-state index in [2.05, 4.69) is 32.1 Å². The number of likely N-dealkylation sites (N-methyl/N-ethyl adjacent to an activating group) is 2. The summed E-state index contributed by atoms with van der Waals surface area (Å²) in [4.78, 5) is 72.9. The van der Waals surface area contributed by atoms with Crippen LogP contribution in [0, 0.1) is 34.3 Å². The van der Waals surface area contributed by atoms with Gasteiger partial charge in [0.25, 0.3) is 0 Å². The number of nitrogens with zero attached hydrogens (tertiary/aromatic N) is 10. The minimum atomic E-state index is -0.517. The zero-order valence-corrected chi connectivity index (χ0v) is 36.7. The van der Waals surface area contributed by atoms with Gasteiger partial charge in [0.05, 0.1) is 42.1 Å². The summed E-state index contributed by atoms with van der Waals surface area (Å²) in [6, 6.07) is 28.2. The lowest BCUT2D eigenvalue weighted by Gasteiger charge is -2.40. The molecule has 0 bridgehead atoms. The summed E-state index contributed by atoms with van der Waals surface area (Å²) in [7, 11) is 3.36. The molecule has 2 aliphatic heterocycles. The summed E-state index contributed by atoms with van der Waals surface area (Å²) >= 11 is 5.96. The lowest BCUT2D eigenvalue weighted by atomic mass is 10.0. The molecule has 2 amide bonds. The van der Waals surface area contributed by atoms with Gasteiger partial charge in [-0.25, -0.2) is 23.7 Å². The number of halogens is 3. The zero-order chi connectivity index (χ0) is 46.9. The van der Waals surface area contributed by atoms with E-state index in [1.165, 1.54) is 72.7 Å². The number of ketones is 2. The molecule has 2 unspecified atom stereocenters. The number of rotatable bonds is 8. The highest BCUT2D eigenvalue weighted by Crippen LogP contribution is 2.41. The molecular formula is C49H45ClF2N10O4. The number of benzene rings is 4. The van der Waals surface area contributed by atoms with Crippen LogP contribution in [0.3, 0.4) is 0 Å². The van der Waals surface area contributed by atoms with Crippen molar-refractivity contribution < 1.29 is 28.0 Å². The fourth-order valence-corrected chi connectivity index (χ4v) is 7.33. The second kappa shape index (κ2) is 21.6. The van der Waals surface area contributed by atoms with Crippen LogP contribution in [0.4, 0.5) is 43.2 Å². The summed E-state index contributed by atoms with van der Waals surface area (Å²) in [5.41, 5.74) is 4.39. The molecule has 0 spiro atoms. The molecule has 0 fully saturated rings. The molecule has 14 nitrogen and oxygen atoms in total. The molecule has 4 aromatic carbocycles. The predicted molar refractivity (Wildman–Crippen MR) is 248 cm³/mol. The number of hydrogen-bond acceptors (Lipinski definition) is 12. The van der Waals surface area contributed by atoms with Crippen LogP contribution >= 0.6 is 11.6 Å². The number of fused-ring (bicyclic) bond motifs is 2. The monoisotopic (exact) mass is 910 g/mol. The smallest absolute Gasteiger partial charge is 0.250 e. The molecule has 0 saturated heterocycles. The van der Waals surface area contributed by atoms with Crippen molar-refractivity contribution in [2.45, 2.75) is 59.5 Å². The Hall–Kier alpha value is -7.95. The number of carbonyl (C=O) groups excluding carboxylic acids is 4. The number of carbonyl (C=O) groups is 4. The molecule has 8 rings (SSSR count). The summed E-state index contributed by atoms with van der Waals surface area (Å²) in [5, 5.41) is 18.6. The van der Waals surface area contributed by atoms with Gasteiger partial charge in [0, 0.05) is 36.6 Å². The van der Waals surface area contributed by atoms with Crippen molar-refractivity contribution in [2.24, 2.45) is 0 Å². The first kappa shape index (κ1) is 49.1. The van der Waals surface area contributed by atoms with Crippen LogP contribution in [0.25, 0.3) is 0 Å². The SMILES string of the molecule is C.CC(=O)c1ccc(F)cc1.CCC1C(=O)N(C)c2cnc(CC(=O)c3ccc(F)cc3)nc2N1c1cccc(C#N)c1.CCC1C(=O)N(C)c2cnc(Cl)nc2N1c1cccc(C#N)c1. The Balaban J connectivity index is 0.000000209. The van der Waals surface area contributed by atoms with E-state index in [0.29, 0.717) is 63.8 Å². The van der Waals surface area contributed by atoms with Crippen molar-refractivity contribution in [3.63, 3.8) is 0 Å². The molecule has 17 heteroatoms. The highest BCUT2D eigenvalue weighted by molar-refractivity contribution is 6.28. The third-order valence-electron chi connectivity index (χ3n) is 10.6. The molecule has 2 aromatic heterocycles. The van der Waals surface area contributed by atoms with Crippen molar-refractivity contribution in [1.82, 2.24) is 19.9 Å². The number of nitriles is 2. The van der Waals surface area contributed by atoms with Gasteiger partial charge in [0.15, 0.2) is 23.2 Å². The van der Waals surface area contributed by atoms with Crippen LogP contribution in [0.2, 0.25) is 5.28 Å². The molecule has 66 heavy (non-hydrogen) atoms. The van der Waals surface area contributed by atoms with Crippen LogP contribution in [-0.2, 0) is 16.0 Å². The third kappa shape index (κ3) is 10.7. The normalized spacial score (nSPS) is 14.8. The van der Waals surface area contributed by atoms with Crippen LogP contribution in [0.15, 0.2) is 109 Å². The molecule has 4 heterocycles. The van der Waals surface area contributed by atoms with Crippen LogP contribution in [-0.4, -0.2) is 69.5 Å². The fourth-order valence-electron chi connectivity index (χ4n) is 7.20. The Bertz CT molecular complexity index is 2850. The highest BCUT2D eigenvalue weighted by Gasteiger charge is 2.39. The average molecular weight is 911 g/mol. The molecule has 6 aromatic rings. The lowest BCUT2D eigenvalue weighted by Crippen LogP contribution is -2.50. The largest absolute Gasteiger partial charge is 0.312 e. The number of Topliss-reactive ketones (excluding diaryl/α,β-unsaturated/α-hetero) is 2. The van der Waals surface area contributed by atoms with Crippen LogP contribution in [0.1, 0.15) is 78.7 Å². The van der Waals surface area contributed by atoms with Crippen molar-refractivity contribution >= 4 is 69.4 Å². The second-order valence-electron chi connectivity index (χ2n) is 14.7. The van der Waals surface area contributed by atoms with Gasteiger partial charge in [0.2, 0.25) is 17.1 Å². The minimum Gasteiger partial charge on any atom is -0.312 e. The number of amides is 2. The Kier molecular flexibility index (Phi) is 16.1. The van der Waals surface area contributed by atoms with Crippen molar-refractivity contribution in [3.8, 4) is 12.1 Å². The summed E-state index contributed by atoms with van der Waals surface area (Å²) in [5.74, 6) is 0.173. The van der Waals surface area contributed by atoms with E-state index in [9.17, 15) is 33.2 Å². The first-order valence-electron chi connectivity index (χ1n) is 20.3. The molecule has 0 radical (unpaired) electrons. The van der Waals surface area contributed by atoms with Gasteiger partial charge in [-0.15, -0.1) is 0 Å². The molecule has 0 aliphatic carbocycles. The van der Waals surface area contributed by atoms with Gasteiger partial charge in [-0.2, -0.15) is 15.5 Å². The first-order chi connectivity index (χ1) is 31.2.